The first-order chi connectivity index (χ1) is 9.74. The summed E-state index contributed by atoms with van der Waals surface area (Å²) in [4.78, 5) is 12.8. The van der Waals surface area contributed by atoms with Gasteiger partial charge in [-0.25, -0.2) is 0 Å². The smallest absolute Gasteiger partial charge is 0.326 e. The molecule has 0 N–H and O–H groups in total. The molecule has 0 aliphatic carbocycles. The van der Waals surface area contributed by atoms with E-state index in [0.717, 1.165) is 0 Å². The van der Waals surface area contributed by atoms with Gasteiger partial charge in [-0.05, 0) is 24.6 Å². The fraction of sp³-hybridized carbons (Fsp3) is 0.188. The van der Waals surface area contributed by atoms with Gasteiger partial charge in [0.25, 0.3) is 0 Å². The Hall–Kier alpha value is -1.94. The van der Waals surface area contributed by atoms with Crippen LogP contribution < -0.4 is 0 Å². The second-order valence-corrected chi connectivity index (χ2v) is 5.69. The number of rotatable bonds is 5. The molecular formula is C16H16O3S. The van der Waals surface area contributed by atoms with Crippen molar-refractivity contribution in [3.05, 3.63) is 66.2 Å². The van der Waals surface area contributed by atoms with E-state index in [1.54, 1.807) is 43.3 Å². The number of hydrogen-bond acceptors (Lipinski definition) is 3. The third-order valence-electron chi connectivity index (χ3n) is 2.79. The maximum absolute atomic E-state index is 12.7. The predicted octanol–water partition coefficient (Wildman–Crippen LogP) is 3.10. The van der Waals surface area contributed by atoms with Crippen LogP contribution in [0.3, 0.4) is 0 Å². The highest BCUT2D eigenvalue weighted by atomic mass is 32.2. The van der Waals surface area contributed by atoms with Gasteiger partial charge in [0.1, 0.15) is 0 Å². The summed E-state index contributed by atoms with van der Waals surface area (Å²) in [5, 5.41) is -0.793. The van der Waals surface area contributed by atoms with Crippen LogP contribution in [0.1, 0.15) is 17.7 Å². The summed E-state index contributed by atoms with van der Waals surface area (Å²) in [5.41, 5.74) is 0.702. The summed E-state index contributed by atoms with van der Waals surface area (Å²) in [5.74, 6) is -0.458. The summed E-state index contributed by atoms with van der Waals surface area (Å²) < 4.78 is 17.7. The molecule has 4 heteroatoms. The molecule has 0 radical (unpaired) electrons. The van der Waals surface area contributed by atoms with Crippen LogP contribution >= 0.6 is 0 Å². The highest BCUT2D eigenvalue weighted by Gasteiger charge is 2.29. The zero-order chi connectivity index (χ0) is 14.4. The molecule has 0 saturated heterocycles. The van der Waals surface area contributed by atoms with Crippen LogP contribution in [-0.4, -0.2) is 16.8 Å². The standard InChI is InChI=1S/C16H16O3S/c1-2-19-16(17)15(13-9-5-3-6-10-13)20(18)14-11-7-4-8-12-14/h3-12,15H,2H2,1H3. The second-order valence-electron chi connectivity index (χ2n) is 4.15. The molecule has 0 amide bonds. The lowest BCUT2D eigenvalue weighted by Crippen LogP contribution is -2.20. The van der Waals surface area contributed by atoms with E-state index in [9.17, 15) is 9.00 Å². The third-order valence-corrected chi connectivity index (χ3v) is 4.42. The van der Waals surface area contributed by atoms with Gasteiger partial charge in [-0.1, -0.05) is 48.5 Å². The van der Waals surface area contributed by atoms with Crippen molar-refractivity contribution in [2.24, 2.45) is 0 Å². The van der Waals surface area contributed by atoms with Crippen LogP contribution in [0.15, 0.2) is 65.6 Å². The normalized spacial score (nSPS) is 13.4. The Morgan fingerprint density at radius 2 is 1.60 bits per heavy atom. The summed E-state index contributed by atoms with van der Waals surface area (Å²) in [7, 11) is -1.48. The number of carbonyl (C=O) groups is 1. The first kappa shape index (κ1) is 14.5. The molecule has 2 aromatic carbocycles. The highest BCUT2D eigenvalue weighted by molar-refractivity contribution is 7.86. The zero-order valence-corrected chi connectivity index (χ0v) is 12.0. The van der Waals surface area contributed by atoms with Crippen molar-refractivity contribution in [1.82, 2.24) is 0 Å². The van der Waals surface area contributed by atoms with Crippen LogP contribution in [0.4, 0.5) is 0 Å². The molecule has 0 fully saturated rings. The molecule has 0 aliphatic rings. The number of hydrogen-bond donors (Lipinski definition) is 0. The van der Waals surface area contributed by atoms with E-state index in [1.165, 1.54) is 0 Å². The van der Waals surface area contributed by atoms with Crippen molar-refractivity contribution >= 4 is 16.8 Å². The van der Waals surface area contributed by atoms with Crippen molar-refractivity contribution in [3.63, 3.8) is 0 Å². The maximum Gasteiger partial charge on any atom is 0.326 e. The van der Waals surface area contributed by atoms with E-state index in [2.05, 4.69) is 0 Å². The number of carbonyl (C=O) groups excluding carboxylic acids is 1. The molecule has 104 valence electrons. The molecular weight excluding hydrogens is 272 g/mol. The van der Waals surface area contributed by atoms with Gasteiger partial charge in [0.15, 0.2) is 5.25 Å². The molecule has 0 aliphatic heterocycles. The van der Waals surface area contributed by atoms with E-state index >= 15 is 0 Å². The lowest BCUT2D eigenvalue weighted by atomic mass is 10.1. The first-order valence-electron chi connectivity index (χ1n) is 6.41. The summed E-state index contributed by atoms with van der Waals surface area (Å²) >= 11 is 0. The van der Waals surface area contributed by atoms with Crippen molar-refractivity contribution in [2.75, 3.05) is 6.61 Å². The Morgan fingerprint density at radius 1 is 1.05 bits per heavy atom. The van der Waals surface area contributed by atoms with Crippen LogP contribution in [-0.2, 0) is 20.3 Å². The van der Waals surface area contributed by atoms with E-state index in [1.807, 2.05) is 24.3 Å². The Morgan fingerprint density at radius 3 is 2.15 bits per heavy atom. The molecule has 0 saturated carbocycles. The Balaban J connectivity index is 2.37. The third kappa shape index (κ3) is 3.33. The summed E-state index contributed by atoms with van der Waals surface area (Å²) in [6, 6.07) is 18.1. The molecule has 2 atom stereocenters. The van der Waals surface area contributed by atoms with Gasteiger partial charge >= 0.3 is 5.97 Å². The number of ether oxygens (including phenoxy) is 1. The predicted molar refractivity (Wildman–Crippen MR) is 78.7 cm³/mol. The van der Waals surface area contributed by atoms with Gasteiger partial charge in [0.2, 0.25) is 0 Å². The lowest BCUT2D eigenvalue weighted by Gasteiger charge is -2.15. The van der Waals surface area contributed by atoms with Crippen LogP contribution in [0.5, 0.6) is 0 Å². The van der Waals surface area contributed by atoms with Crippen molar-refractivity contribution in [3.8, 4) is 0 Å². The molecule has 0 bridgehead atoms. The van der Waals surface area contributed by atoms with E-state index in [4.69, 9.17) is 4.74 Å². The molecule has 3 nitrogen and oxygen atoms in total. The van der Waals surface area contributed by atoms with Crippen LogP contribution in [0.2, 0.25) is 0 Å². The molecule has 0 heterocycles. The Bertz CT molecular complexity index is 581. The molecule has 2 aromatic rings. The largest absolute Gasteiger partial charge is 0.465 e. The fourth-order valence-electron chi connectivity index (χ4n) is 1.88. The van der Waals surface area contributed by atoms with Gasteiger partial charge < -0.3 is 4.74 Å². The maximum atomic E-state index is 12.7. The van der Waals surface area contributed by atoms with Crippen molar-refractivity contribution in [1.29, 1.82) is 0 Å². The number of esters is 1. The minimum Gasteiger partial charge on any atom is -0.465 e. The highest BCUT2D eigenvalue weighted by Crippen LogP contribution is 2.26. The molecule has 2 unspecified atom stereocenters. The van der Waals surface area contributed by atoms with Crippen LogP contribution in [0, 0.1) is 0 Å². The van der Waals surface area contributed by atoms with E-state index < -0.39 is 22.0 Å². The average Bonchev–Trinajstić information content (AvgIpc) is 2.50. The Labute approximate surface area is 121 Å². The minimum absolute atomic E-state index is 0.272. The average molecular weight is 288 g/mol. The van der Waals surface area contributed by atoms with Gasteiger partial charge in [-0.15, -0.1) is 0 Å². The Kier molecular flexibility index (Phi) is 5.07. The molecule has 2 rings (SSSR count). The number of benzene rings is 2. The molecule has 0 spiro atoms. The van der Waals surface area contributed by atoms with Gasteiger partial charge in [-0.3, -0.25) is 9.00 Å². The van der Waals surface area contributed by atoms with E-state index in [0.29, 0.717) is 10.5 Å². The summed E-state index contributed by atoms with van der Waals surface area (Å²) in [6.45, 7) is 2.01. The first-order valence-corrected chi connectivity index (χ1v) is 7.62. The molecule has 20 heavy (non-hydrogen) atoms. The molecule has 0 aromatic heterocycles. The monoisotopic (exact) mass is 288 g/mol. The lowest BCUT2D eigenvalue weighted by molar-refractivity contribution is -0.142. The SMILES string of the molecule is CCOC(=O)C(c1ccccc1)S(=O)c1ccccc1. The van der Waals surface area contributed by atoms with Gasteiger partial charge in [0, 0.05) is 4.90 Å². The van der Waals surface area contributed by atoms with E-state index in [-0.39, 0.29) is 6.61 Å². The van der Waals surface area contributed by atoms with Crippen molar-refractivity contribution in [2.45, 2.75) is 17.1 Å². The topological polar surface area (TPSA) is 43.4 Å². The van der Waals surface area contributed by atoms with Crippen molar-refractivity contribution < 1.29 is 13.7 Å². The quantitative estimate of drug-likeness (QED) is 0.794. The minimum atomic E-state index is -1.48. The fourth-order valence-corrected chi connectivity index (χ4v) is 3.23. The van der Waals surface area contributed by atoms with Gasteiger partial charge in [-0.2, -0.15) is 0 Å². The second kappa shape index (κ2) is 7.01. The summed E-state index contributed by atoms with van der Waals surface area (Å²) in [6.07, 6.45) is 0. The van der Waals surface area contributed by atoms with Crippen LogP contribution in [0.25, 0.3) is 0 Å². The van der Waals surface area contributed by atoms with Gasteiger partial charge in [0.05, 0.1) is 17.4 Å². The zero-order valence-electron chi connectivity index (χ0n) is 11.2.